The van der Waals surface area contributed by atoms with E-state index in [-0.39, 0.29) is 12.2 Å². The molecule has 1 fully saturated rings. The van der Waals surface area contributed by atoms with Crippen LogP contribution in [0.3, 0.4) is 0 Å². The minimum atomic E-state index is -0.302. The van der Waals surface area contributed by atoms with Crippen molar-refractivity contribution in [2.45, 2.75) is 38.4 Å². The monoisotopic (exact) mass is 293 g/mol. The summed E-state index contributed by atoms with van der Waals surface area (Å²) in [6.07, 6.45) is 2.99. The van der Waals surface area contributed by atoms with Crippen LogP contribution in [0.4, 0.5) is 5.69 Å². The summed E-state index contributed by atoms with van der Waals surface area (Å²) in [6.45, 7) is 5.64. The van der Waals surface area contributed by atoms with Gasteiger partial charge in [0.05, 0.1) is 25.4 Å². The summed E-state index contributed by atoms with van der Waals surface area (Å²) in [5.41, 5.74) is 1.13. The van der Waals surface area contributed by atoms with Gasteiger partial charge in [0.1, 0.15) is 0 Å². The van der Waals surface area contributed by atoms with Crippen LogP contribution in [0.5, 0.6) is 0 Å². The van der Waals surface area contributed by atoms with Crippen molar-refractivity contribution in [1.82, 2.24) is 0 Å². The zero-order valence-corrected chi connectivity index (χ0v) is 12.9. The molecule has 2 unspecified atom stereocenters. The van der Waals surface area contributed by atoms with Crippen LogP contribution in [0.15, 0.2) is 30.3 Å². The van der Waals surface area contributed by atoms with Crippen LogP contribution in [-0.4, -0.2) is 50.2 Å². The van der Waals surface area contributed by atoms with Gasteiger partial charge in [0, 0.05) is 25.4 Å². The van der Waals surface area contributed by atoms with Gasteiger partial charge in [-0.25, -0.2) is 0 Å². The quantitative estimate of drug-likeness (QED) is 0.710. The lowest BCUT2D eigenvalue weighted by molar-refractivity contribution is 0.0192. The molecule has 0 spiro atoms. The van der Waals surface area contributed by atoms with Gasteiger partial charge in [-0.15, -0.1) is 0 Å². The predicted octanol–water partition coefficient (Wildman–Crippen LogP) is 2.46. The van der Waals surface area contributed by atoms with E-state index in [0.29, 0.717) is 19.8 Å². The molecule has 0 aromatic heterocycles. The van der Waals surface area contributed by atoms with Crippen LogP contribution in [0.25, 0.3) is 0 Å². The maximum absolute atomic E-state index is 9.92. The van der Waals surface area contributed by atoms with Crippen molar-refractivity contribution in [3.8, 4) is 0 Å². The number of hydrogen-bond acceptors (Lipinski definition) is 4. The zero-order chi connectivity index (χ0) is 14.9. The molecule has 1 aromatic carbocycles. The number of anilines is 1. The van der Waals surface area contributed by atoms with Crippen LogP contribution < -0.4 is 4.90 Å². The van der Waals surface area contributed by atoms with Crippen LogP contribution in [-0.2, 0) is 9.47 Å². The van der Waals surface area contributed by atoms with E-state index in [2.05, 4.69) is 17.0 Å². The molecule has 0 amide bonds. The van der Waals surface area contributed by atoms with Crippen molar-refractivity contribution in [3.63, 3.8) is 0 Å². The molecule has 4 nitrogen and oxygen atoms in total. The summed E-state index contributed by atoms with van der Waals surface area (Å²) in [6, 6.07) is 10.2. The Morgan fingerprint density at radius 2 is 2.19 bits per heavy atom. The van der Waals surface area contributed by atoms with Gasteiger partial charge >= 0.3 is 0 Å². The molecular formula is C17H27NO3. The van der Waals surface area contributed by atoms with Crippen molar-refractivity contribution >= 4 is 5.69 Å². The second-order valence-corrected chi connectivity index (χ2v) is 5.55. The first-order valence-electron chi connectivity index (χ1n) is 7.97. The fourth-order valence-corrected chi connectivity index (χ4v) is 2.51. The predicted molar refractivity (Wildman–Crippen MR) is 84.7 cm³/mol. The molecule has 1 saturated heterocycles. The molecule has 0 saturated carbocycles. The Balaban J connectivity index is 1.78. The average molecular weight is 293 g/mol. The van der Waals surface area contributed by atoms with Gasteiger partial charge in [-0.3, -0.25) is 0 Å². The summed E-state index contributed by atoms with van der Waals surface area (Å²) >= 11 is 0. The molecule has 0 bridgehead atoms. The molecule has 0 aliphatic carbocycles. The zero-order valence-electron chi connectivity index (χ0n) is 12.9. The number of aliphatic hydroxyl groups excluding tert-OH is 1. The minimum absolute atomic E-state index is 0.274. The number of nitrogens with zero attached hydrogens (tertiary/aromatic N) is 1. The third-order valence-electron chi connectivity index (χ3n) is 3.86. The van der Waals surface area contributed by atoms with Crippen molar-refractivity contribution in [2.24, 2.45) is 0 Å². The van der Waals surface area contributed by atoms with E-state index >= 15 is 0 Å². The highest BCUT2D eigenvalue weighted by atomic mass is 16.5. The highest BCUT2D eigenvalue weighted by Crippen LogP contribution is 2.15. The Bertz CT molecular complexity index is 379. The number of aliphatic hydroxyl groups is 1. The molecule has 21 heavy (non-hydrogen) atoms. The van der Waals surface area contributed by atoms with Crippen molar-refractivity contribution < 1.29 is 14.6 Å². The molecule has 1 N–H and O–H groups in total. The Morgan fingerprint density at radius 1 is 1.38 bits per heavy atom. The van der Waals surface area contributed by atoms with Crippen LogP contribution in [0.1, 0.15) is 26.2 Å². The first-order chi connectivity index (χ1) is 10.3. The Morgan fingerprint density at radius 3 is 2.86 bits per heavy atom. The molecular weight excluding hydrogens is 266 g/mol. The van der Waals surface area contributed by atoms with Crippen LogP contribution >= 0.6 is 0 Å². The normalized spacial score (nSPS) is 19.6. The first-order valence-corrected chi connectivity index (χ1v) is 7.97. The Hall–Kier alpha value is -1.10. The molecule has 4 heteroatoms. The van der Waals surface area contributed by atoms with Crippen molar-refractivity contribution in [1.29, 1.82) is 0 Å². The topological polar surface area (TPSA) is 41.9 Å². The summed E-state index contributed by atoms with van der Waals surface area (Å²) in [4.78, 5) is 2.18. The first kappa shape index (κ1) is 16.3. The van der Waals surface area contributed by atoms with E-state index in [0.717, 1.165) is 38.1 Å². The number of hydrogen-bond donors (Lipinski definition) is 1. The molecule has 1 heterocycles. The molecule has 1 aromatic rings. The summed E-state index contributed by atoms with van der Waals surface area (Å²) in [5, 5.41) is 9.92. The second-order valence-electron chi connectivity index (χ2n) is 5.55. The number of rotatable bonds is 9. The fourth-order valence-electron chi connectivity index (χ4n) is 2.51. The van der Waals surface area contributed by atoms with Gasteiger partial charge in [0.25, 0.3) is 0 Å². The number of para-hydroxylation sites is 1. The van der Waals surface area contributed by atoms with Crippen LogP contribution in [0, 0.1) is 0 Å². The Kier molecular flexibility index (Phi) is 7.00. The number of ether oxygens (including phenoxy) is 2. The van der Waals surface area contributed by atoms with Gasteiger partial charge in [0.2, 0.25) is 0 Å². The van der Waals surface area contributed by atoms with Gasteiger partial charge in [-0.1, -0.05) is 25.1 Å². The minimum Gasteiger partial charge on any atom is -0.391 e. The van der Waals surface area contributed by atoms with Crippen molar-refractivity contribution in [2.75, 3.05) is 37.8 Å². The van der Waals surface area contributed by atoms with E-state index in [1.807, 2.05) is 25.1 Å². The highest BCUT2D eigenvalue weighted by Gasteiger charge is 2.16. The lowest BCUT2D eigenvalue weighted by atomic mass is 10.2. The summed E-state index contributed by atoms with van der Waals surface area (Å²) in [5.74, 6) is 0. The molecule has 1 aliphatic heterocycles. The third-order valence-corrected chi connectivity index (χ3v) is 3.86. The highest BCUT2D eigenvalue weighted by molar-refractivity contribution is 5.46. The Labute approximate surface area is 127 Å². The van der Waals surface area contributed by atoms with Gasteiger partial charge in [0.15, 0.2) is 0 Å². The third kappa shape index (κ3) is 5.65. The average Bonchev–Trinajstić information content (AvgIpc) is 3.04. The molecule has 1 aliphatic rings. The van der Waals surface area contributed by atoms with Gasteiger partial charge < -0.3 is 19.5 Å². The van der Waals surface area contributed by atoms with E-state index in [1.165, 1.54) is 0 Å². The second kappa shape index (κ2) is 9.03. The summed E-state index contributed by atoms with van der Waals surface area (Å²) in [7, 11) is 0. The molecule has 2 rings (SSSR count). The molecule has 0 radical (unpaired) electrons. The lowest BCUT2D eigenvalue weighted by Gasteiger charge is -2.27. The smallest absolute Gasteiger partial charge is 0.0809 e. The van der Waals surface area contributed by atoms with E-state index < -0.39 is 0 Å². The van der Waals surface area contributed by atoms with E-state index in [9.17, 15) is 5.11 Å². The lowest BCUT2D eigenvalue weighted by Crippen LogP contribution is -2.35. The van der Waals surface area contributed by atoms with Gasteiger partial charge in [-0.05, 0) is 31.4 Å². The standard InChI is InChI=1S/C17H27NO3/c1-2-16(19)13-18(15-7-4-3-5-8-15)10-12-20-14-17-9-6-11-21-17/h3-5,7-8,16-17,19H,2,6,9-14H2,1H3. The maximum atomic E-state index is 9.92. The van der Waals surface area contributed by atoms with E-state index in [4.69, 9.17) is 9.47 Å². The fraction of sp³-hybridized carbons (Fsp3) is 0.647. The largest absolute Gasteiger partial charge is 0.391 e. The summed E-state index contributed by atoms with van der Waals surface area (Å²) < 4.78 is 11.3. The van der Waals surface area contributed by atoms with E-state index in [1.54, 1.807) is 0 Å². The van der Waals surface area contributed by atoms with Crippen LogP contribution in [0.2, 0.25) is 0 Å². The maximum Gasteiger partial charge on any atom is 0.0809 e. The van der Waals surface area contributed by atoms with Gasteiger partial charge in [-0.2, -0.15) is 0 Å². The van der Waals surface area contributed by atoms with Crippen molar-refractivity contribution in [3.05, 3.63) is 30.3 Å². The molecule has 118 valence electrons. The molecule has 2 atom stereocenters. The number of benzene rings is 1. The SMILES string of the molecule is CCC(O)CN(CCOCC1CCCO1)c1ccccc1.